The van der Waals surface area contributed by atoms with Gasteiger partial charge in [-0.05, 0) is 20.8 Å². The first-order valence-electron chi connectivity index (χ1n) is 4.93. The van der Waals surface area contributed by atoms with E-state index in [0.717, 1.165) is 13.1 Å². The topological polar surface area (TPSA) is 38.3 Å². The largest absolute Gasteiger partial charge is 0.460 e. The average molecular weight is 197 g/mol. The van der Waals surface area contributed by atoms with Gasteiger partial charge in [0.15, 0.2) is 0 Å². The molecule has 3 heteroatoms. The van der Waals surface area contributed by atoms with E-state index in [2.05, 4.69) is 11.9 Å². The van der Waals surface area contributed by atoms with Crippen LogP contribution in [0.1, 0.15) is 27.2 Å². The van der Waals surface area contributed by atoms with Crippen molar-refractivity contribution in [1.29, 1.82) is 0 Å². The number of nitrogens with one attached hydrogen (secondary N) is 1. The van der Waals surface area contributed by atoms with Crippen molar-refractivity contribution < 1.29 is 9.53 Å². The van der Waals surface area contributed by atoms with Gasteiger partial charge in [-0.2, -0.15) is 0 Å². The average Bonchev–Trinajstić information content (AvgIpc) is 1.93. The molecule has 0 aromatic heterocycles. The third kappa shape index (κ3) is 2.84. The molecular formula is C11H19NO2. The Balaban J connectivity index is 2.44. The highest BCUT2D eigenvalue weighted by Gasteiger charge is 2.37. The van der Waals surface area contributed by atoms with Crippen molar-refractivity contribution in [3.8, 4) is 0 Å². The van der Waals surface area contributed by atoms with Crippen LogP contribution < -0.4 is 5.32 Å². The van der Waals surface area contributed by atoms with E-state index in [9.17, 15) is 4.79 Å². The molecule has 14 heavy (non-hydrogen) atoms. The zero-order chi connectivity index (χ0) is 10.8. The predicted molar refractivity (Wildman–Crippen MR) is 56.0 cm³/mol. The van der Waals surface area contributed by atoms with Gasteiger partial charge in [-0.3, -0.25) is 4.79 Å². The fraction of sp³-hybridized carbons (Fsp3) is 0.727. The lowest BCUT2D eigenvalue weighted by Gasteiger charge is -2.39. The van der Waals surface area contributed by atoms with Crippen LogP contribution in [0.5, 0.6) is 0 Å². The Bertz CT molecular complexity index is 236. The van der Waals surface area contributed by atoms with Crippen molar-refractivity contribution in [3.63, 3.8) is 0 Å². The van der Waals surface area contributed by atoms with E-state index < -0.39 is 5.60 Å². The number of hydrogen-bond donors (Lipinski definition) is 1. The maximum atomic E-state index is 11.5. The van der Waals surface area contributed by atoms with Crippen LogP contribution in [0.25, 0.3) is 0 Å². The van der Waals surface area contributed by atoms with E-state index in [0.29, 0.717) is 6.42 Å². The second kappa shape index (κ2) is 3.73. The molecule has 0 aromatic rings. The predicted octanol–water partition coefficient (Wildman–Crippen LogP) is 1.49. The summed E-state index contributed by atoms with van der Waals surface area (Å²) in [4.78, 5) is 11.5. The Morgan fingerprint density at radius 3 is 2.43 bits per heavy atom. The van der Waals surface area contributed by atoms with Gasteiger partial charge in [-0.25, -0.2) is 0 Å². The highest BCUT2D eigenvalue weighted by Crippen LogP contribution is 2.29. The van der Waals surface area contributed by atoms with Gasteiger partial charge in [0.1, 0.15) is 5.60 Å². The minimum absolute atomic E-state index is 0.0671. The Labute approximate surface area is 85.5 Å². The van der Waals surface area contributed by atoms with Crippen LogP contribution in [0.4, 0.5) is 0 Å². The minimum Gasteiger partial charge on any atom is -0.460 e. The Morgan fingerprint density at radius 2 is 2.14 bits per heavy atom. The van der Waals surface area contributed by atoms with Crippen molar-refractivity contribution in [2.75, 3.05) is 13.1 Å². The fourth-order valence-corrected chi connectivity index (χ4v) is 1.45. The quantitative estimate of drug-likeness (QED) is 0.550. The lowest BCUT2D eigenvalue weighted by Crippen LogP contribution is -2.53. The number of ether oxygens (including phenoxy) is 1. The summed E-state index contributed by atoms with van der Waals surface area (Å²) in [6.07, 6.45) is 2.29. The number of carbonyl (C=O) groups excluding carboxylic acids is 1. The summed E-state index contributed by atoms with van der Waals surface area (Å²) in [5.74, 6) is -0.140. The van der Waals surface area contributed by atoms with Gasteiger partial charge in [0, 0.05) is 18.5 Å². The first-order valence-corrected chi connectivity index (χ1v) is 4.93. The number of hydrogen-bond acceptors (Lipinski definition) is 3. The Hall–Kier alpha value is -0.830. The summed E-state index contributed by atoms with van der Waals surface area (Å²) < 4.78 is 5.26. The lowest BCUT2D eigenvalue weighted by atomic mass is 9.79. The van der Waals surface area contributed by atoms with Gasteiger partial charge < -0.3 is 10.1 Å². The van der Waals surface area contributed by atoms with E-state index in [1.54, 1.807) is 0 Å². The molecule has 0 radical (unpaired) electrons. The lowest BCUT2D eigenvalue weighted by molar-refractivity contribution is -0.157. The normalized spacial score (nSPS) is 19.6. The van der Waals surface area contributed by atoms with E-state index in [1.165, 1.54) is 0 Å². The van der Waals surface area contributed by atoms with Gasteiger partial charge in [-0.1, -0.05) is 6.08 Å². The van der Waals surface area contributed by atoms with Crippen molar-refractivity contribution in [2.45, 2.75) is 32.8 Å². The monoisotopic (exact) mass is 197 g/mol. The summed E-state index contributed by atoms with van der Waals surface area (Å²) in [5.41, 5.74) is -0.459. The highest BCUT2D eigenvalue weighted by molar-refractivity contribution is 5.71. The van der Waals surface area contributed by atoms with Crippen LogP contribution in [0.3, 0.4) is 0 Å². The Kier molecular flexibility index (Phi) is 3.00. The molecule has 0 amide bonds. The van der Waals surface area contributed by atoms with E-state index in [4.69, 9.17) is 4.74 Å². The smallest absolute Gasteiger partial charge is 0.307 e. The van der Waals surface area contributed by atoms with Crippen LogP contribution in [-0.4, -0.2) is 24.7 Å². The number of rotatable bonds is 3. The van der Waals surface area contributed by atoms with Crippen LogP contribution in [0.2, 0.25) is 0 Å². The van der Waals surface area contributed by atoms with E-state index >= 15 is 0 Å². The van der Waals surface area contributed by atoms with Crippen LogP contribution >= 0.6 is 0 Å². The fourth-order valence-electron chi connectivity index (χ4n) is 1.45. The number of esters is 1. The highest BCUT2D eigenvalue weighted by atomic mass is 16.6. The second-order valence-corrected chi connectivity index (χ2v) is 4.93. The first kappa shape index (κ1) is 11.2. The van der Waals surface area contributed by atoms with Gasteiger partial charge in [0.25, 0.3) is 0 Å². The molecule has 0 saturated carbocycles. The van der Waals surface area contributed by atoms with Crippen LogP contribution in [0.15, 0.2) is 12.7 Å². The molecule has 0 bridgehead atoms. The maximum Gasteiger partial charge on any atom is 0.307 e. The van der Waals surface area contributed by atoms with Crippen molar-refractivity contribution >= 4 is 5.97 Å². The summed E-state index contributed by atoms with van der Waals surface area (Å²) in [7, 11) is 0. The molecule has 0 aliphatic carbocycles. The number of carbonyl (C=O) groups is 1. The molecule has 0 unspecified atom stereocenters. The summed E-state index contributed by atoms with van der Waals surface area (Å²) in [6, 6.07) is 0. The molecule has 1 heterocycles. The SMILES string of the molecule is C=CC1(CC(=O)OC(C)(C)C)CNC1. The van der Waals surface area contributed by atoms with Crippen molar-refractivity contribution in [2.24, 2.45) is 5.41 Å². The molecule has 0 spiro atoms. The van der Waals surface area contributed by atoms with Gasteiger partial charge in [-0.15, -0.1) is 6.58 Å². The Morgan fingerprint density at radius 1 is 1.57 bits per heavy atom. The van der Waals surface area contributed by atoms with Crippen LogP contribution in [0, 0.1) is 5.41 Å². The van der Waals surface area contributed by atoms with Crippen LogP contribution in [-0.2, 0) is 9.53 Å². The zero-order valence-corrected chi connectivity index (χ0v) is 9.22. The molecule has 1 fully saturated rings. The molecule has 80 valence electrons. The summed E-state index contributed by atoms with van der Waals surface area (Å²) >= 11 is 0. The molecule has 1 saturated heterocycles. The first-order chi connectivity index (χ1) is 6.37. The third-order valence-corrected chi connectivity index (χ3v) is 2.30. The standard InChI is InChI=1S/C11H19NO2/c1-5-11(7-12-8-11)6-9(13)14-10(2,3)4/h5,12H,1,6-8H2,2-4H3. The van der Waals surface area contributed by atoms with E-state index in [-0.39, 0.29) is 11.4 Å². The molecule has 0 aromatic carbocycles. The second-order valence-electron chi connectivity index (χ2n) is 4.93. The summed E-state index contributed by atoms with van der Waals surface area (Å²) in [6.45, 7) is 11.1. The molecule has 1 aliphatic rings. The van der Waals surface area contributed by atoms with Crippen molar-refractivity contribution in [3.05, 3.63) is 12.7 Å². The van der Waals surface area contributed by atoms with E-state index in [1.807, 2.05) is 26.8 Å². The third-order valence-electron chi connectivity index (χ3n) is 2.30. The minimum atomic E-state index is -0.392. The zero-order valence-electron chi connectivity index (χ0n) is 9.22. The van der Waals surface area contributed by atoms with Gasteiger partial charge >= 0.3 is 5.97 Å². The maximum absolute atomic E-state index is 11.5. The molecule has 1 N–H and O–H groups in total. The van der Waals surface area contributed by atoms with Gasteiger partial charge in [0.2, 0.25) is 0 Å². The van der Waals surface area contributed by atoms with Gasteiger partial charge in [0.05, 0.1) is 6.42 Å². The molecule has 3 nitrogen and oxygen atoms in total. The molecular weight excluding hydrogens is 178 g/mol. The molecule has 0 atom stereocenters. The van der Waals surface area contributed by atoms with Crippen molar-refractivity contribution in [1.82, 2.24) is 5.32 Å². The molecule has 1 aliphatic heterocycles. The summed E-state index contributed by atoms with van der Waals surface area (Å²) in [5, 5.41) is 3.14. The molecule has 1 rings (SSSR count).